The lowest BCUT2D eigenvalue weighted by molar-refractivity contribution is -0.123. The predicted octanol–water partition coefficient (Wildman–Crippen LogP) is 5.84. The lowest BCUT2D eigenvalue weighted by atomic mass is 9.74. The summed E-state index contributed by atoms with van der Waals surface area (Å²) in [5.41, 5.74) is 4.47. The summed E-state index contributed by atoms with van der Waals surface area (Å²) in [4.78, 5) is 25.5. The normalized spacial score (nSPS) is 17.8. The van der Waals surface area contributed by atoms with E-state index in [1.807, 2.05) is 92.7 Å². The molecule has 1 heterocycles. The second-order valence-electron chi connectivity index (χ2n) is 8.60. The third-order valence-corrected chi connectivity index (χ3v) is 6.28. The van der Waals surface area contributed by atoms with Gasteiger partial charge >= 0.3 is 5.97 Å². The van der Waals surface area contributed by atoms with Crippen LogP contribution >= 0.6 is 0 Å². The van der Waals surface area contributed by atoms with Crippen LogP contribution in [0.3, 0.4) is 0 Å². The van der Waals surface area contributed by atoms with Crippen molar-refractivity contribution in [3.8, 4) is 0 Å². The van der Waals surface area contributed by atoms with Crippen molar-refractivity contribution in [3.63, 3.8) is 0 Å². The molecule has 0 saturated carbocycles. The summed E-state index contributed by atoms with van der Waals surface area (Å²) in [7, 11) is 1.37. The zero-order valence-corrected chi connectivity index (χ0v) is 19.7. The summed E-state index contributed by atoms with van der Waals surface area (Å²) in [5, 5.41) is 6.24. The fourth-order valence-corrected chi connectivity index (χ4v) is 4.21. The fourth-order valence-electron chi connectivity index (χ4n) is 4.21. The lowest BCUT2D eigenvalue weighted by Gasteiger charge is -2.27. The molecule has 5 nitrogen and oxygen atoms in total. The van der Waals surface area contributed by atoms with E-state index in [-0.39, 0.29) is 11.9 Å². The van der Waals surface area contributed by atoms with Crippen LogP contribution in [-0.4, -0.2) is 24.7 Å². The molecule has 3 aromatic rings. The van der Waals surface area contributed by atoms with Gasteiger partial charge in [-0.25, -0.2) is 4.79 Å². The molecular formula is C29H28N2O3. The molecule has 0 spiro atoms. The molecular weight excluding hydrogens is 424 g/mol. The average Bonchev–Trinajstić information content (AvgIpc) is 3.10. The molecule has 0 radical (unpaired) electrons. The lowest BCUT2D eigenvalue weighted by Crippen LogP contribution is -2.40. The molecule has 0 aliphatic carbocycles. The number of hydrogen-bond acceptors (Lipinski definition) is 4. The highest BCUT2D eigenvalue weighted by Gasteiger charge is 2.48. The number of methoxy groups -OCH3 is 1. The van der Waals surface area contributed by atoms with E-state index >= 15 is 0 Å². The van der Waals surface area contributed by atoms with Crippen LogP contribution in [0.25, 0.3) is 6.08 Å². The maximum absolute atomic E-state index is 13.8. The van der Waals surface area contributed by atoms with Gasteiger partial charge in [-0.15, -0.1) is 0 Å². The molecule has 0 bridgehead atoms. The van der Waals surface area contributed by atoms with Crippen molar-refractivity contribution in [2.45, 2.75) is 26.7 Å². The highest BCUT2D eigenvalue weighted by molar-refractivity contribution is 6.18. The minimum absolute atomic E-state index is 0.0246. The third-order valence-electron chi connectivity index (χ3n) is 6.28. The Morgan fingerprint density at radius 1 is 0.971 bits per heavy atom. The Bertz CT molecular complexity index is 1230. The summed E-state index contributed by atoms with van der Waals surface area (Å²) in [6.45, 7) is 3.96. The predicted molar refractivity (Wildman–Crippen MR) is 136 cm³/mol. The van der Waals surface area contributed by atoms with Gasteiger partial charge in [0, 0.05) is 0 Å². The van der Waals surface area contributed by atoms with Gasteiger partial charge in [0.05, 0.1) is 29.5 Å². The maximum Gasteiger partial charge on any atom is 0.337 e. The van der Waals surface area contributed by atoms with E-state index in [4.69, 9.17) is 9.84 Å². The van der Waals surface area contributed by atoms with Crippen molar-refractivity contribution in [2.24, 2.45) is 10.5 Å². The van der Waals surface area contributed by atoms with Crippen LogP contribution in [0.4, 0.5) is 5.69 Å². The number of hydrazone groups is 1. The number of carbonyl (C=O) groups is 2. The van der Waals surface area contributed by atoms with E-state index in [1.54, 1.807) is 12.1 Å². The van der Waals surface area contributed by atoms with Crippen molar-refractivity contribution in [1.82, 2.24) is 0 Å². The van der Waals surface area contributed by atoms with Gasteiger partial charge in [0.1, 0.15) is 0 Å². The minimum atomic E-state index is -0.769. The summed E-state index contributed by atoms with van der Waals surface area (Å²) in [5.74, 6) is -0.389. The first kappa shape index (κ1) is 23.2. The topological polar surface area (TPSA) is 59.0 Å². The number of benzene rings is 3. The standard InChI is InChI=1S/C29H28N2O3/c1-21-11-17-26(18-12-21)31-28(33)29(22(2)30-31,20-24-8-5-4-6-9-24)19-7-10-23-13-15-25(16-14-23)27(32)34-3/h4-18H,19-20H2,1-3H3/b10-7+/t29-/m1/s1. The summed E-state index contributed by atoms with van der Waals surface area (Å²) < 4.78 is 4.76. The van der Waals surface area contributed by atoms with Gasteiger partial charge in [-0.1, -0.05) is 72.3 Å². The van der Waals surface area contributed by atoms with E-state index in [0.717, 1.165) is 28.1 Å². The minimum Gasteiger partial charge on any atom is -0.465 e. The number of carbonyl (C=O) groups excluding carboxylic acids is 2. The van der Waals surface area contributed by atoms with Gasteiger partial charge in [0.25, 0.3) is 5.91 Å². The molecule has 5 heteroatoms. The average molecular weight is 453 g/mol. The van der Waals surface area contributed by atoms with Crippen LogP contribution in [0.5, 0.6) is 0 Å². The summed E-state index contributed by atoms with van der Waals surface area (Å²) in [6, 6.07) is 25.1. The maximum atomic E-state index is 13.8. The zero-order valence-electron chi connectivity index (χ0n) is 19.7. The molecule has 1 aliphatic rings. The Balaban J connectivity index is 1.62. The number of aryl methyl sites for hydroxylation is 1. The third kappa shape index (κ3) is 4.69. The molecule has 34 heavy (non-hydrogen) atoms. The fraction of sp³-hybridized carbons (Fsp3) is 0.207. The van der Waals surface area contributed by atoms with Crippen molar-refractivity contribution >= 4 is 29.4 Å². The second kappa shape index (κ2) is 9.87. The summed E-state index contributed by atoms with van der Waals surface area (Å²) >= 11 is 0. The zero-order chi connectivity index (χ0) is 24.1. The number of allylic oxidation sites excluding steroid dienone is 1. The van der Waals surface area contributed by atoms with E-state index in [2.05, 4.69) is 0 Å². The number of nitrogens with zero attached hydrogens (tertiary/aromatic N) is 2. The van der Waals surface area contributed by atoms with E-state index < -0.39 is 5.41 Å². The monoisotopic (exact) mass is 452 g/mol. The van der Waals surface area contributed by atoms with Crippen LogP contribution in [0, 0.1) is 12.3 Å². The first-order valence-corrected chi connectivity index (χ1v) is 11.3. The smallest absolute Gasteiger partial charge is 0.337 e. The van der Waals surface area contributed by atoms with Gasteiger partial charge in [-0.05, 0) is 62.1 Å². The van der Waals surface area contributed by atoms with Crippen LogP contribution in [0.2, 0.25) is 0 Å². The van der Waals surface area contributed by atoms with E-state index in [0.29, 0.717) is 18.4 Å². The number of amides is 1. The van der Waals surface area contributed by atoms with Crippen LogP contribution in [0.15, 0.2) is 90.0 Å². The van der Waals surface area contributed by atoms with Gasteiger partial charge < -0.3 is 4.74 Å². The highest BCUT2D eigenvalue weighted by atomic mass is 16.5. The molecule has 0 N–H and O–H groups in total. The Morgan fingerprint density at radius 3 is 2.29 bits per heavy atom. The molecule has 0 saturated heterocycles. The highest BCUT2D eigenvalue weighted by Crippen LogP contribution is 2.39. The molecule has 0 unspecified atom stereocenters. The van der Waals surface area contributed by atoms with Crippen LogP contribution in [-0.2, 0) is 16.0 Å². The number of hydrogen-bond donors (Lipinski definition) is 0. The number of rotatable bonds is 7. The van der Waals surface area contributed by atoms with Crippen molar-refractivity contribution in [1.29, 1.82) is 0 Å². The van der Waals surface area contributed by atoms with Gasteiger partial charge in [-0.3, -0.25) is 4.79 Å². The van der Waals surface area contributed by atoms with Crippen LogP contribution < -0.4 is 5.01 Å². The number of esters is 1. The largest absolute Gasteiger partial charge is 0.465 e. The van der Waals surface area contributed by atoms with Gasteiger partial charge in [0.2, 0.25) is 0 Å². The van der Waals surface area contributed by atoms with Crippen molar-refractivity contribution in [3.05, 3.63) is 107 Å². The van der Waals surface area contributed by atoms with Gasteiger partial charge in [0.15, 0.2) is 0 Å². The molecule has 172 valence electrons. The summed E-state index contributed by atoms with van der Waals surface area (Å²) in [6.07, 6.45) is 5.07. The number of ether oxygens (including phenoxy) is 1. The first-order chi connectivity index (χ1) is 16.4. The molecule has 4 rings (SSSR count). The SMILES string of the molecule is COC(=O)c1ccc(/C=C/C[C@]2(Cc3ccccc3)C(=O)N(c3ccc(C)cc3)N=C2C)cc1. The molecule has 3 aromatic carbocycles. The van der Waals surface area contributed by atoms with E-state index in [9.17, 15) is 9.59 Å². The quantitative estimate of drug-likeness (QED) is 0.423. The Morgan fingerprint density at radius 2 is 1.65 bits per heavy atom. The Hall–Kier alpha value is -3.99. The molecule has 1 aliphatic heterocycles. The Kier molecular flexibility index (Phi) is 6.73. The van der Waals surface area contributed by atoms with E-state index in [1.165, 1.54) is 12.1 Å². The second-order valence-corrected chi connectivity index (χ2v) is 8.60. The first-order valence-electron chi connectivity index (χ1n) is 11.3. The van der Waals surface area contributed by atoms with Gasteiger partial charge in [-0.2, -0.15) is 10.1 Å². The Labute approximate surface area is 200 Å². The molecule has 1 atom stereocenters. The molecule has 0 aromatic heterocycles. The molecule has 0 fully saturated rings. The van der Waals surface area contributed by atoms with Crippen LogP contribution in [0.1, 0.15) is 40.4 Å². The number of anilines is 1. The molecule has 1 amide bonds. The van der Waals surface area contributed by atoms with Crippen molar-refractivity contribution < 1.29 is 14.3 Å². The van der Waals surface area contributed by atoms with Crippen molar-refractivity contribution in [2.75, 3.05) is 12.1 Å².